The topological polar surface area (TPSA) is 76.3 Å². The second-order valence-electron chi connectivity index (χ2n) is 4.73. The van der Waals surface area contributed by atoms with Crippen LogP contribution in [0, 0.1) is 0 Å². The first-order chi connectivity index (χ1) is 9.80. The number of fused-ring (bicyclic) bond motifs is 1. The first-order valence-corrected chi connectivity index (χ1v) is 6.51. The molecule has 0 bridgehead atoms. The lowest BCUT2D eigenvalue weighted by atomic mass is 10.2. The monoisotopic (exact) mass is 275 g/mol. The molecule has 0 spiro atoms. The maximum atomic E-state index is 9.14. The predicted octanol–water partition coefficient (Wildman–Crippen LogP) is 0.332. The van der Waals surface area contributed by atoms with Crippen molar-refractivity contribution >= 4 is 5.82 Å². The minimum atomic E-state index is -0.0223. The van der Waals surface area contributed by atoms with Crippen LogP contribution in [-0.2, 0) is 31.0 Å². The summed E-state index contributed by atoms with van der Waals surface area (Å²) < 4.78 is 7.04. The highest BCUT2D eigenvalue weighted by Gasteiger charge is 2.19. The number of nitrogens with zero attached hydrogens (tertiary/aromatic N) is 5. The molecule has 0 aliphatic carbocycles. The van der Waals surface area contributed by atoms with Crippen molar-refractivity contribution < 1.29 is 9.84 Å². The summed E-state index contributed by atoms with van der Waals surface area (Å²) in [5, 5.41) is 13.5. The van der Waals surface area contributed by atoms with Gasteiger partial charge in [-0.25, -0.2) is 9.97 Å². The first kappa shape index (κ1) is 13.0. The van der Waals surface area contributed by atoms with Crippen molar-refractivity contribution in [1.29, 1.82) is 0 Å². The molecule has 0 amide bonds. The van der Waals surface area contributed by atoms with E-state index in [-0.39, 0.29) is 6.61 Å². The smallest absolute Gasteiger partial charge is 0.132 e. The van der Waals surface area contributed by atoms with Gasteiger partial charge in [-0.05, 0) is 6.07 Å². The number of methoxy groups -OCH3 is 1. The van der Waals surface area contributed by atoms with Gasteiger partial charge in [0, 0.05) is 19.7 Å². The second kappa shape index (κ2) is 5.56. The molecule has 0 saturated carbocycles. The van der Waals surface area contributed by atoms with Gasteiger partial charge < -0.3 is 14.7 Å². The SMILES string of the molecule is COCc1cc(N2CCn3nc(CO)cc3C2)ncn1. The zero-order valence-corrected chi connectivity index (χ0v) is 11.4. The Balaban J connectivity index is 1.80. The Kier molecular flexibility index (Phi) is 3.62. The minimum absolute atomic E-state index is 0.0223. The van der Waals surface area contributed by atoms with Crippen molar-refractivity contribution in [1.82, 2.24) is 19.7 Å². The van der Waals surface area contributed by atoms with E-state index in [9.17, 15) is 0 Å². The molecule has 1 aliphatic heterocycles. The highest BCUT2D eigenvalue weighted by atomic mass is 16.5. The van der Waals surface area contributed by atoms with Crippen molar-refractivity contribution in [2.24, 2.45) is 0 Å². The summed E-state index contributed by atoms with van der Waals surface area (Å²) >= 11 is 0. The zero-order valence-electron chi connectivity index (χ0n) is 11.4. The highest BCUT2D eigenvalue weighted by Crippen LogP contribution is 2.20. The number of aliphatic hydroxyl groups is 1. The van der Waals surface area contributed by atoms with Crippen LogP contribution in [0.1, 0.15) is 17.1 Å². The van der Waals surface area contributed by atoms with Gasteiger partial charge in [0.05, 0.1) is 43.4 Å². The fraction of sp³-hybridized carbons (Fsp3) is 0.462. The predicted molar refractivity (Wildman–Crippen MR) is 71.9 cm³/mol. The van der Waals surface area contributed by atoms with E-state index in [2.05, 4.69) is 20.0 Å². The lowest BCUT2D eigenvalue weighted by Crippen LogP contribution is -2.34. The molecule has 0 aromatic carbocycles. The summed E-state index contributed by atoms with van der Waals surface area (Å²) in [6.07, 6.45) is 1.56. The van der Waals surface area contributed by atoms with E-state index in [1.165, 1.54) is 0 Å². The average Bonchev–Trinajstić information content (AvgIpc) is 2.90. The molecule has 0 fully saturated rings. The Bertz CT molecular complexity index is 598. The fourth-order valence-corrected chi connectivity index (χ4v) is 2.38. The number of rotatable bonds is 4. The van der Waals surface area contributed by atoms with Gasteiger partial charge in [-0.3, -0.25) is 4.68 Å². The van der Waals surface area contributed by atoms with Crippen molar-refractivity contribution in [3.63, 3.8) is 0 Å². The van der Waals surface area contributed by atoms with Crippen LogP contribution in [0.15, 0.2) is 18.5 Å². The molecule has 0 atom stereocenters. The number of ether oxygens (including phenoxy) is 1. The molecular weight excluding hydrogens is 258 g/mol. The fourth-order valence-electron chi connectivity index (χ4n) is 2.38. The number of anilines is 1. The molecule has 2 aromatic rings. The minimum Gasteiger partial charge on any atom is -0.390 e. The van der Waals surface area contributed by atoms with E-state index in [1.54, 1.807) is 13.4 Å². The Labute approximate surface area is 116 Å². The van der Waals surface area contributed by atoms with E-state index >= 15 is 0 Å². The number of hydrogen-bond donors (Lipinski definition) is 1. The van der Waals surface area contributed by atoms with Crippen LogP contribution in [0.2, 0.25) is 0 Å². The van der Waals surface area contributed by atoms with Gasteiger partial charge in [-0.2, -0.15) is 5.10 Å². The molecule has 1 aliphatic rings. The van der Waals surface area contributed by atoms with Gasteiger partial charge >= 0.3 is 0 Å². The molecule has 0 unspecified atom stereocenters. The van der Waals surface area contributed by atoms with Crippen molar-refractivity contribution in [2.45, 2.75) is 26.3 Å². The maximum absolute atomic E-state index is 9.14. The molecule has 0 saturated heterocycles. The molecule has 2 aromatic heterocycles. The van der Waals surface area contributed by atoms with Crippen molar-refractivity contribution in [2.75, 3.05) is 18.6 Å². The third-order valence-corrected chi connectivity index (χ3v) is 3.34. The van der Waals surface area contributed by atoms with Crippen molar-refractivity contribution in [3.8, 4) is 0 Å². The molecular formula is C13H17N5O2. The van der Waals surface area contributed by atoms with Crippen LogP contribution in [0.4, 0.5) is 5.82 Å². The number of hydrogen-bond acceptors (Lipinski definition) is 6. The average molecular weight is 275 g/mol. The van der Waals surface area contributed by atoms with Crippen LogP contribution >= 0.6 is 0 Å². The van der Waals surface area contributed by atoms with Gasteiger partial charge in [0.1, 0.15) is 12.1 Å². The summed E-state index contributed by atoms with van der Waals surface area (Å²) in [6, 6.07) is 3.88. The van der Waals surface area contributed by atoms with E-state index in [1.807, 2.05) is 16.8 Å². The summed E-state index contributed by atoms with van der Waals surface area (Å²) in [7, 11) is 1.65. The van der Waals surface area contributed by atoms with E-state index < -0.39 is 0 Å². The first-order valence-electron chi connectivity index (χ1n) is 6.51. The van der Waals surface area contributed by atoms with Crippen molar-refractivity contribution in [3.05, 3.63) is 35.5 Å². The second-order valence-corrected chi connectivity index (χ2v) is 4.73. The Hall–Kier alpha value is -1.99. The Morgan fingerprint density at radius 2 is 2.15 bits per heavy atom. The van der Waals surface area contributed by atoms with Gasteiger partial charge in [0.2, 0.25) is 0 Å². The summed E-state index contributed by atoms with van der Waals surface area (Å²) in [5.41, 5.74) is 2.67. The van der Waals surface area contributed by atoms with E-state index in [0.29, 0.717) is 12.3 Å². The summed E-state index contributed by atoms with van der Waals surface area (Å²) in [5.74, 6) is 0.894. The molecule has 7 nitrogen and oxygen atoms in total. The molecule has 0 radical (unpaired) electrons. The summed E-state index contributed by atoms with van der Waals surface area (Å²) in [4.78, 5) is 10.7. The van der Waals surface area contributed by atoms with Crippen LogP contribution in [-0.4, -0.2) is 38.5 Å². The Morgan fingerprint density at radius 1 is 1.25 bits per heavy atom. The Morgan fingerprint density at radius 3 is 2.95 bits per heavy atom. The molecule has 3 heterocycles. The molecule has 20 heavy (non-hydrogen) atoms. The van der Waals surface area contributed by atoms with Crippen LogP contribution < -0.4 is 4.90 Å². The van der Waals surface area contributed by atoms with Gasteiger partial charge in [0.25, 0.3) is 0 Å². The molecule has 1 N–H and O–H groups in total. The molecule has 7 heteroatoms. The molecule has 3 rings (SSSR count). The molecule has 106 valence electrons. The zero-order chi connectivity index (χ0) is 13.9. The van der Waals surface area contributed by atoms with Gasteiger partial charge in [-0.1, -0.05) is 0 Å². The van der Waals surface area contributed by atoms with E-state index in [4.69, 9.17) is 9.84 Å². The third-order valence-electron chi connectivity index (χ3n) is 3.34. The van der Waals surface area contributed by atoms with Crippen LogP contribution in [0.25, 0.3) is 0 Å². The van der Waals surface area contributed by atoms with Gasteiger partial charge in [0.15, 0.2) is 0 Å². The number of aliphatic hydroxyl groups excluding tert-OH is 1. The summed E-state index contributed by atoms with van der Waals surface area (Å²) in [6.45, 7) is 2.82. The highest BCUT2D eigenvalue weighted by molar-refractivity contribution is 5.40. The quantitative estimate of drug-likeness (QED) is 0.866. The normalized spacial score (nSPS) is 14.4. The van der Waals surface area contributed by atoms with Gasteiger partial charge in [-0.15, -0.1) is 0 Å². The largest absolute Gasteiger partial charge is 0.390 e. The van der Waals surface area contributed by atoms with Crippen LogP contribution in [0.3, 0.4) is 0 Å². The number of aromatic nitrogens is 4. The standard InChI is InChI=1S/C13H17N5O2/c1-20-8-11-5-13(15-9-14-11)17-2-3-18-12(6-17)4-10(7-19)16-18/h4-5,9,19H,2-3,6-8H2,1H3. The van der Waals surface area contributed by atoms with Crippen LogP contribution in [0.5, 0.6) is 0 Å². The third kappa shape index (κ3) is 2.50. The maximum Gasteiger partial charge on any atom is 0.132 e. The lowest BCUT2D eigenvalue weighted by Gasteiger charge is -2.28. The lowest BCUT2D eigenvalue weighted by molar-refractivity contribution is 0.181. The van der Waals surface area contributed by atoms with E-state index in [0.717, 1.165) is 36.8 Å².